The zero-order valence-electron chi connectivity index (χ0n) is 16.4. The van der Waals surface area contributed by atoms with Crippen molar-refractivity contribution in [1.29, 1.82) is 0 Å². The maximum absolute atomic E-state index is 13.1. The second-order valence-electron chi connectivity index (χ2n) is 7.80. The van der Waals surface area contributed by atoms with Crippen LogP contribution in [0.15, 0.2) is 6.07 Å². The van der Waals surface area contributed by atoms with Crippen molar-refractivity contribution in [2.45, 2.75) is 65.0 Å². The van der Waals surface area contributed by atoms with Crippen molar-refractivity contribution in [1.82, 2.24) is 14.4 Å². The number of aliphatic carboxylic acids is 1. The molecule has 0 spiro atoms. The summed E-state index contributed by atoms with van der Waals surface area (Å²) in [5.74, 6) is -1.19. The Morgan fingerprint density at radius 1 is 1.15 bits per heavy atom. The van der Waals surface area contributed by atoms with Crippen molar-refractivity contribution in [3.8, 4) is 0 Å². The third-order valence-electron chi connectivity index (χ3n) is 5.76. The van der Waals surface area contributed by atoms with Crippen molar-refractivity contribution in [3.63, 3.8) is 0 Å². The first-order valence-electron chi connectivity index (χ1n) is 9.76. The summed E-state index contributed by atoms with van der Waals surface area (Å²) in [6, 6.07) is 2.40. The molecule has 1 N–H and O–H groups in total. The molecule has 27 heavy (non-hydrogen) atoms. The summed E-state index contributed by atoms with van der Waals surface area (Å²) in [5.41, 5.74) is 2.94. The highest BCUT2D eigenvalue weighted by Crippen LogP contribution is 2.38. The molecule has 1 aromatic rings. The predicted octanol–water partition coefficient (Wildman–Crippen LogP) is 2.37. The number of nitrogens with zero attached hydrogens (tertiary/aromatic N) is 3. The van der Waals surface area contributed by atoms with Gasteiger partial charge in [-0.25, -0.2) is 0 Å². The number of hydrogen-bond donors (Lipinski definition) is 1. The van der Waals surface area contributed by atoms with Gasteiger partial charge in [-0.15, -0.1) is 0 Å². The number of aromatic nitrogens is 1. The Balaban J connectivity index is 1.70. The maximum Gasteiger partial charge on any atom is 0.323 e. The molecule has 2 heterocycles. The number of aryl methyl sites for hydroxylation is 1. The van der Waals surface area contributed by atoms with Crippen LogP contribution in [0.2, 0.25) is 0 Å². The van der Waals surface area contributed by atoms with Crippen molar-refractivity contribution < 1.29 is 19.5 Å². The van der Waals surface area contributed by atoms with Gasteiger partial charge in [0.1, 0.15) is 6.54 Å². The van der Waals surface area contributed by atoms with E-state index >= 15 is 0 Å². The van der Waals surface area contributed by atoms with Gasteiger partial charge >= 0.3 is 5.97 Å². The summed E-state index contributed by atoms with van der Waals surface area (Å²) >= 11 is 0. The number of carboxylic acid groups (broad SMARTS) is 1. The van der Waals surface area contributed by atoms with E-state index in [1.165, 1.54) is 24.7 Å². The average Bonchev–Trinajstić information content (AvgIpc) is 3.40. The van der Waals surface area contributed by atoms with Gasteiger partial charge in [0.05, 0.1) is 5.56 Å². The molecular formula is C20H29N3O4. The Morgan fingerprint density at radius 3 is 2.44 bits per heavy atom. The molecule has 1 saturated heterocycles. The lowest BCUT2D eigenvalue weighted by atomic mass is 10.1. The van der Waals surface area contributed by atoms with E-state index in [2.05, 4.69) is 11.5 Å². The van der Waals surface area contributed by atoms with E-state index in [1.54, 1.807) is 0 Å². The van der Waals surface area contributed by atoms with Crippen molar-refractivity contribution in [2.75, 3.05) is 19.6 Å². The molecule has 0 bridgehead atoms. The molecule has 0 aromatic carbocycles. The summed E-state index contributed by atoms with van der Waals surface area (Å²) in [6.45, 7) is 6.38. The van der Waals surface area contributed by atoms with E-state index in [1.807, 2.05) is 17.9 Å². The van der Waals surface area contributed by atoms with Crippen LogP contribution in [-0.2, 0) is 9.59 Å². The van der Waals surface area contributed by atoms with Gasteiger partial charge < -0.3 is 19.5 Å². The molecule has 1 aliphatic carbocycles. The van der Waals surface area contributed by atoms with Crippen molar-refractivity contribution in [3.05, 3.63) is 23.0 Å². The Labute approximate surface area is 159 Å². The molecule has 3 rings (SSSR count). The lowest BCUT2D eigenvalue weighted by Crippen LogP contribution is -2.43. The topological polar surface area (TPSA) is 82.8 Å². The number of amides is 2. The summed E-state index contributed by atoms with van der Waals surface area (Å²) in [4.78, 5) is 39.3. The minimum atomic E-state index is -1.00. The SMILES string of the molecule is CC(=O)N(CC(=O)O)[C@@H]1CCCN(C(=O)c2cc(C)n(C3CC3)c2C)CC1. The molecule has 1 atom stereocenters. The quantitative estimate of drug-likeness (QED) is 0.856. The highest BCUT2D eigenvalue weighted by atomic mass is 16.4. The Kier molecular flexibility index (Phi) is 5.58. The molecule has 2 aliphatic rings. The predicted molar refractivity (Wildman–Crippen MR) is 101 cm³/mol. The maximum atomic E-state index is 13.1. The molecule has 0 unspecified atom stereocenters. The van der Waals surface area contributed by atoms with Crippen LogP contribution >= 0.6 is 0 Å². The van der Waals surface area contributed by atoms with Crippen molar-refractivity contribution >= 4 is 17.8 Å². The molecule has 1 saturated carbocycles. The number of carboxylic acids is 1. The molecule has 7 heteroatoms. The van der Waals surface area contributed by atoms with Crippen LogP contribution in [0.5, 0.6) is 0 Å². The minimum Gasteiger partial charge on any atom is -0.480 e. The van der Waals surface area contributed by atoms with Gasteiger partial charge in [-0.3, -0.25) is 14.4 Å². The molecule has 7 nitrogen and oxygen atoms in total. The van der Waals surface area contributed by atoms with E-state index in [0.29, 0.717) is 25.6 Å². The third kappa shape index (κ3) is 4.17. The average molecular weight is 375 g/mol. The minimum absolute atomic E-state index is 0.0447. The standard InChI is InChI=1S/C20H29N3O4/c1-13-11-18(14(2)23(13)17-6-7-17)20(27)21-9-4-5-16(8-10-21)22(15(3)24)12-19(25)26/h11,16-17H,4-10,12H2,1-3H3,(H,25,26)/t16-/m1/s1. The lowest BCUT2D eigenvalue weighted by Gasteiger charge is -2.28. The number of carbonyl (C=O) groups is 3. The Morgan fingerprint density at radius 2 is 1.85 bits per heavy atom. The smallest absolute Gasteiger partial charge is 0.323 e. The van der Waals surface area contributed by atoms with Gasteiger partial charge in [-0.1, -0.05) is 0 Å². The fourth-order valence-corrected chi connectivity index (χ4v) is 4.30. The van der Waals surface area contributed by atoms with Gasteiger partial charge in [0.25, 0.3) is 5.91 Å². The molecule has 2 fully saturated rings. The highest BCUT2D eigenvalue weighted by Gasteiger charge is 2.31. The molecule has 148 valence electrons. The van der Waals surface area contributed by atoms with E-state index in [0.717, 1.165) is 29.8 Å². The summed E-state index contributed by atoms with van der Waals surface area (Å²) in [7, 11) is 0. The Bertz CT molecular complexity index is 751. The first kappa shape index (κ1) is 19.5. The van der Waals surface area contributed by atoms with E-state index < -0.39 is 5.97 Å². The van der Waals surface area contributed by atoms with E-state index in [4.69, 9.17) is 5.11 Å². The van der Waals surface area contributed by atoms with Crippen LogP contribution in [0.1, 0.15) is 66.8 Å². The van der Waals surface area contributed by atoms with Gasteiger partial charge in [-0.05, 0) is 52.0 Å². The lowest BCUT2D eigenvalue weighted by molar-refractivity contribution is -0.145. The number of carbonyl (C=O) groups excluding carboxylic acids is 2. The van der Waals surface area contributed by atoms with Crippen LogP contribution in [0.3, 0.4) is 0 Å². The monoisotopic (exact) mass is 375 g/mol. The van der Waals surface area contributed by atoms with Gasteiger partial charge in [0.15, 0.2) is 0 Å². The van der Waals surface area contributed by atoms with Crippen molar-refractivity contribution in [2.24, 2.45) is 0 Å². The van der Waals surface area contributed by atoms with E-state index in [-0.39, 0.29) is 24.4 Å². The van der Waals surface area contributed by atoms with Crippen LogP contribution in [0.25, 0.3) is 0 Å². The molecular weight excluding hydrogens is 346 g/mol. The zero-order chi connectivity index (χ0) is 19.7. The summed E-state index contributed by atoms with van der Waals surface area (Å²) < 4.78 is 2.28. The van der Waals surface area contributed by atoms with E-state index in [9.17, 15) is 14.4 Å². The van der Waals surface area contributed by atoms with Crippen LogP contribution in [-0.4, -0.2) is 62.9 Å². The largest absolute Gasteiger partial charge is 0.480 e. The first-order chi connectivity index (χ1) is 12.8. The number of hydrogen-bond acceptors (Lipinski definition) is 3. The number of rotatable bonds is 5. The fraction of sp³-hybridized carbons (Fsp3) is 0.650. The van der Waals surface area contributed by atoms with Gasteiger partial charge in [0.2, 0.25) is 5.91 Å². The summed E-state index contributed by atoms with van der Waals surface area (Å²) in [6.07, 6.45) is 4.46. The second-order valence-corrected chi connectivity index (χ2v) is 7.80. The van der Waals surface area contributed by atoms with Crippen LogP contribution < -0.4 is 0 Å². The fourth-order valence-electron chi connectivity index (χ4n) is 4.30. The second kappa shape index (κ2) is 7.74. The molecule has 0 radical (unpaired) electrons. The normalized spacial score (nSPS) is 20.3. The molecule has 1 aromatic heterocycles. The third-order valence-corrected chi connectivity index (χ3v) is 5.76. The zero-order valence-corrected chi connectivity index (χ0v) is 16.4. The van der Waals surface area contributed by atoms with Crippen LogP contribution in [0.4, 0.5) is 0 Å². The first-order valence-corrected chi connectivity index (χ1v) is 9.76. The van der Waals surface area contributed by atoms with Gasteiger partial charge in [0, 0.05) is 43.5 Å². The molecule has 1 aliphatic heterocycles. The highest BCUT2D eigenvalue weighted by molar-refractivity contribution is 5.95. The Hall–Kier alpha value is -2.31. The van der Waals surface area contributed by atoms with Gasteiger partial charge in [-0.2, -0.15) is 0 Å². The molecule has 2 amide bonds. The van der Waals surface area contributed by atoms with Crippen LogP contribution in [0, 0.1) is 13.8 Å². The summed E-state index contributed by atoms with van der Waals surface area (Å²) in [5, 5.41) is 9.07. The number of likely N-dealkylation sites (tertiary alicyclic amines) is 1.